The summed E-state index contributed by atoms with van der Waals surface area (Å²) in [6.45, 7) is 0. The molecule has 7 heteroatoms. The molecule has 0 bridgehead atoms. The third kappa shape index (κ3) is 2.92. The third-order valence-electron chi connectivity index (χ3n) is 2.15. The fraction of sp³-hybridized carbons (Fsp3) is 0.182. The van der Waals surface area contributed by atoms with Crippen molar-refractivity contribution < 1.29 is 0 Å². The van der Waals surface area contributed by atoms with Crippen LogP contribution in [0, 0.1) is 3.95 Å². The first kappa shape index (κ1) is 13.5. The van der Waals surface area contributed by atoms with Crippen molar-refractivity contribution in [2.24, 2.45) is 4.99 Å². The Morgan fingerprint density at radius 2 is 1.89 bits per heavy atom. The first-order valence-electron chi connectivity index (χ1n) is 5.13. The van der Waals surface area contributed by atoms with Crippen LogP contribution in [0.2, 0.25) is 0 Å². The molecule has 3 nitrogen and oxygen atoms in total. The molecule has 18 heavy (non-hydrogen) atoms. The molecule has 0 radical (unpaired) electrons. The second-order valence-electron chi connectivity index (χ2n) is 3.67. The van der Waals surface area contributed by atoms with Gasteiger partial charge in [-0.15, -0.1) is 0 Å². The number of benzene rings is 1. The van der Waals surface area contributed by atoms with Crippen LogP contribution in [0.5, 0.6) is 0 Å². The Hall–Kier alpha value is -0.890. The second-order valence-corrected chi connectivity index (χ2v) is 6.77. The molecule has 0 aliphatic rings. The highest BCUT2D eigenvalue weighted by molar-refractivity contribution is 7.80. The quantitative estimate of drug-likeness (QED) is 0.596. The average Bonchev–Trinajstić information content (AvgIpc) is 2.71. The number of aromatic nitrogens is 1. The molecule has 94 valence electrons. The van der Waals surface area contributed by atoms with E-state index < -0.39 is 0 Å². The van der Waals surface area contributed by atoms with Crippen molar-refractivity contribution in [3.8, 4) is 5.69 Å². The van der Waals surface area contributed by atoms with Gasteiger partial charge < -0.3 is 4.90 Å². The van der Waals surface area contributed by atoms with Crippen LogP contribution in [0.1, 0.15) is 0 Å². The molecule has 0 fully saturated rings. The Morgan fingerprint density at radius 1 is 1.22 bits per heavy atom. The Kier molecular flexibility index (Phi) is 4.39. The third-order valence-corrected chi connectivity index (χ3v) is 5.36. The lowest BCUT2D eigenvalue weighted by Gasteiger charge is -2.08. The summed E-state index contributed by atoms with van der Waals surface area (Å²) in [6.07, 6.45) is 0. The maximum Gasteiger partial charge on any atom is 0.208 e. The molecule has 0 saturated heterocycles. The number of rotatable bonds is 1. The summed E-state index contributed by atoms with van der Waals surface area (Å²) in [5.74, 6) is 0. The first-order valence-corrected chi connectivity index (χ1v) is 8.10. The number of hydrogen-bond donors (Lipinski definition) is 0. The summed E-state index contributed by atoms with van der Waals surface area (Å²) in [5.41, 5.74) is 1.01. The molecule has 2 rings (SSSR count). The number of para-hydroxylation sites is 1. The summed E-state index contributed by atoms with van der Waals surface area (Å²) in [4.78, 5) is 7.06. The Labute approximate surface area is 123 Å². The van der Waals surface area contributed by atoms with Gasteiger partial charge in [-0.2, -0.15) is 4.99 Å². The van der Waals surface area contributed by atoms with E-state index in [4.69, 9.17) is 24.4 Å². The topological polar surface area (TPSA) is 20.5 Å². The Bertz CT molecular complexity index is 663. The molecule has 0 amide bonds. The molecule has 1 heterocycles. The van der Waals surface area contributed by atoms with Gasteiger partial charge in [-0.25, -0.2) is 0 Å². The number of thiocarbonyl (C=S) groups is 1. The van der Waals surface area contributed by atoms with Crippen LogP contribution in [0.4, 0.5) is 0 Å². The summed E-state index contributed by atoms with van der Waals surface area (Å²) < 4.78 is 2.73. The van der Waals surface area contributed by atoms with Crippen molar-refractivity contribution in [2.45, 2.75) is 0 Å². The van der Waals surface area contributed by atoms with E-state index in [9.17, 15) is 0 Å². The van der Waals surface area contributed by atoms with Gasteiger partial charge >= 0.3 is 0 Å². The lowest BCUT2D eigenvalue weighted by molar-refractivity contribution is 0.626. The molecule has 0 N–H and O–H groups in total. The van der Waals surface area contributed by atoms with Crippen LogP contribution in [0.25, 0.3) is 5.69 Å². The van der Waals surface area contributed by atoms with E-state index in [1.807, 2.05) is 49.0 Å². The molecule has 0 aliphatic heterocycles. The summed E-state index contributed by atoms with van der Waals surface area (Å²) in [5, 5.41) is 0.545. The highest BCUT2D eigenvalue weighted by Crippen LogP contribution is 2.12. The zero-order chi connectivity index (χ0) is 13.1. The van der Waals surface area contributed by atoms with Gasteiger partial charge in [0.25, 0.3) is 0 Å². The maximum atomic E-state index is 5.35. The van der Waals surface area contributed by atoms with Crippen LogP contribution in [0.15, 0.2) is 35.3 Å². The van der Waals surface area contributed by atoms with E-state index in [1.165, 1.54) is 20.7 Å². The molecule has 0 spiro atoms. The predicted octanol–water partition coefficient (Wildman–Crippen LogP) is 3.08. The summed E-state index contributed by atoms with van der Waals surface area (Å²) >= 11 is 10.6. The van der Waals surface area contributed by atoms with Gasteiger partial charge in [-0.1, -0.05) is 18.2 Å². The average molecular weight is 313 g/mol. The monoisotopic (exact) mass is 313 g/mol. The molecule has 0 aliphatic carbocycles. The van der Waals surface area contributed by atoms with Crippen LogP contribution in [0.3, 0.4) is 0 Å². The van der Waals surface area contributed by atoms with E-state index in [0.29, 0.717) is 5.11 Å². The van der Waals surface area contributed by atoms with E-state index in [0.717, 1.165) is 14.4 Å². The fourth-order valence-corrected chi connectivity index (χ4v) is 3.83. The molecule has 0 atom stereocenters. The molecular formula is C11H11N3S4. The standard InChI is InChI=1S/C11H11N3S4/c1-13(2)9(15)12-10-14(11(16)18-17-10)8-6-4-3-5-7-8/h3-7H,1-2H3. The number of hydrogen-bond acceptors (Lipinski definition) is 4. The van der Waals surface area contributed by atoms with Crippen LogP contribution >= 0.6 is 45.1 Å². The van der Waals surface area contributed by atoms with Gasteiger partial charge in [0.1, 0.15) is 0 Å². The van der Waals surface area contributed by atoms with E-state index in [2.05, 4.69) is 4.99 Å². The minimum absolute atomic E-state index is 0.545. The molecule has 0 saturated carbocycles. The van der Waals surface area contributed by atoms with Crippen molar-refractivity contribution in [3.05, 3.63) is 39.1 Å². The van der Waals surface area contributed by atoms with Crippen molar-refractivity contribution in [1.82, 2.24) is 9.47 Å². The minimum atomic E-state index is 0.545. The van der Waals surface area contributed by atoms with Gasteiger partial charge in [0.2, 0.25) is 4.80 Å². The molecule has 2 aromatic rings. The SMILES string of the molecule is CN(C)C(=S)N=c1ssc(=S)n1-c1ccccc1. The molecule has 1 aromatic heterocycles. The van der Waals surface area contributed by atoms with Gasteiger partial charge in [-0.05, 0) is 57.2 Å². The zero-order valence-corrected chi connectivity index (χ0v) is 13.1. The minimum Gasteiger partial charge on any atom is -0.353 e. The normalized spacial score (nSPS) is 11.6. The lowest BCUT2D eigenvalue weighted by Crippen LogP contribution is -2.22. The van der Waals surface area contributed by atoms with Crippen molar-refractivity contribution in [2.75, 3.05) is 14.1 Å². The van der Waals surface area contributed by atoms with Gasteiger partial charge in [0.15, 0.2) is 9.07 Å². The van der Waals surface area contributed by atoms with Gasteiger partial charge in [-0.3, -0.25) is 4.57 Å². The highest BCUT2D eigenvalue weighted by atomic mass is 32.9. The Balaban J connectivity index is 2.60. The fourth-order valence-electron chi connectivity index (χ4n) is 1.27. The second kappa shape index (κ2) is 5.83. The largest absolute Gasteiger partial charge is 0.353 e. The molecule has 0 unspecified atom stereocenters. The maximum absolute atomic E-state index is 5.35. The molecule has 1 aromatic carbocycles. The predicted molar refractivity (Wildman–Crippen MR) is 84.2 cm³/mol. The smallest absolute Gasteiger partial charge is 0.208 e. The lowest BCUT2D eigenvalue weighted by atomic mass is 10.3. The van der Waals surface area contributed by atoms with Crippen molar-refractivity contribution in [1.29, 1.82) is 0 Å². The van der Waals surface area contributed by atoms with Crippen molar-refractivity contribution >= 4 is 50.2 Å². The van der Waals surface area contributed by atoms with Gasteiger partial charge in [0.05, 0.1) is 5.69 Å². The van der Waals surface area contributed by atoms with E-state index >= 15 is 0 Å². The summed E-state index contributed by atoms with van der Waals surface area (Å²) in [7, 11) is 6.82. The van der Waals surface area contributed by atoms with E-state index in [1.54, 1.807) is 4.90 Å². The highest BCUT2D eigenvalue weighted by Gasteiger charge is 2.04. The van der Waals surface area contributed by atoms with Crippen molar-refractivity contribution in [3.63, 3.8) is 0 Å². The number of nitrogens with zero attached hydrogens (tertiary/aromatic N) is 3. The van der Waals surface area contributed by atoms with Gasteiger partial charge in [0, 0.05) is 14.1 Å². The van der Waals surface area contributed by atoms with Crippen LogP contribution in [-0.2, 0) is 0 Å². The summed E-state index contributed by atoms with van der Waals surface area (Å²) in [6, 6.07) is 9.95. The van der Waals surface area contributed by atoms with E-state index in [-0.39, 0.29) is 0 Å². The zero-order valence-electron chi connectivity index (χ0n) is 9.86. The Morgan fingerprint density at radius 3 is 2.50 bits per heavy atom. The molecular weight excluding hydrogens is 302 g/mol. The van der Waals surface area contributed by atoms with Crippen LogP contribution in [-0.4, -0.2) is 28.7 Å². The van der Waals surface area contributed by atoms with Crippen LogP contribution < -0.4 is 4.80 Å². The first-order chi connectivity index (χ1) is 8.59.